The minimum atomic E-state index is -3.01. The molecule has 3 atom stereocenters. The van der Waals surface area contributed by atoms with Gasteiger partial charge in [-0.15, -0.1) is 0 Å². The zero-order chi connectivity index (χ0) is 14.1. The maximum atomic E-state index is 11.6. The molecule has 2 aliphatic rings. The lowest BCUT2D eigenvalue weighted by molar-refractivity contribution is -0.0455. The SMILES string of the molecule is CC1CCC(CC(CO)(CO)C2CCS(=O)(=O)C2)O1. The van der Waals surface area contributed by atoms with E-state index in [1.807, 2.05) is 6.92 Å². The van der Waals surface area contributed by atoms with E-state index < -0.39 is 15.3 Å². The molecule has 2 saturated heterocycles. The minimum Gasteiger partial charge on any atom is -0.396 e. The molecule has 2 N–H and O–H groups in total. The van der Waals surface area contributed by atoms with Gasteiger partial charge in [-0.25, -0.2) is 8.42 Å². The van der Waals surface area contributed by atoms with Gasteiger partial charge in [0.25, 0.3) is 0 Å². The smallest absolute Gasteiger partial charge is 0.150 e. The van der Waals surface area contributed by atoms with Crippen LogP contribution in [0, 0.1) is 11.3 Å². The monoisotopic (exact) mass is 292 g/mol. The molecule has 2 heterocycles. The third kappa shape index (κ3) is 3.29. The third-order valence-electron chi connectivity index (χ3n) is 4.68. The van der Waals surface area contributed by atoms with Crippen LogP contribution < -0.4 is 0 Å². The highest BCUT2D eigenvalue weighted by molar-refractivity contribution is 7.91. The molecule has 0 saturated carbocycles. The largest absolute Gasteiger partial charge is 0.396 e. The highest BCUT2D eigenvalue weighted by Crippen LogP contribution is 2.41. The summed E-state index contributed by atoms with van der Waals surface area (Å²) in [6.45, 7) is 1.65. The van der Waals surface area contributed by atoms with Crippen molar-refractivity contribution in [3.05, 3.63) is 0 Å². The lowest BCUT2D eigenvalue weighted by atomic mass is 9.72. The Morgan fingerprint density at radius 2 is 1.89 bits per heavy atom. The van der Waals surface area contributed by atoms with E-state index in [4.69, 9.17) is 4.74 Å². The van der Waals surface area contributed by atoms with Gasteiger partial charge in [0.15, 0.2) is 9.84 Å². The molecule has 0 amide bonds. The molecule has 0 spiro atoms. The van der Waals surface area contributed by atoms with Gasteiger partial charge in [-0.2, -0.15) is 0 Å². The van der Waals surface area contributed by atoms with Crippen molar-refractivity contribution in [3.8, 4) is 0 Å². The van der Waals surface area contributed by atoms with E-state index in [1.54, 1.807) is 0 Å². The Morgan fingerprint density at radius 3 is 2.32 bits per heavy atom. The van der Waals surface area contributed by atoms with Gasteiger partial charge in [0.2, 0.25) is 0 Å². The fourth-order valence-corrected chi connectivity index (χ4v) is 5.31. The summed E-state index contributed by atoms with van der Waals surface area (Å²) in [5.41, 5.74) is -0.724. The second kappa shape index (κ2) is 5.68. The van der Waals surface area contributed by atoms with Gasteiger partial charge in [0.1, 0.15) is 0 Å². The standard InChI is InChI=1S/C13H24O5S/c1-10-2-3-12(18-10)6-13(8-14,9-15)11-4-5-19(16,17)7-11/h10-12,14-15H,2-9H2,1H3. The maximum absolute atomic E-state index is 11.6. The molecule has 0 aromatic carbocycles. The first kappa shape index (κ1) is 15.2. The fourth-order valence-electron chi connectivity index (χ4n) is 3.37. The van der Waals surface area contributed by atoms with E-state index in [0.717, 1.165) is 12.8 Å². The Hall–Kier alpha value is -0.170. The third-order valence-corrected chi connectivity index (χ3v) is 6.45. The van der Waals surface area contributed by atoms with Gasteiger partial charge in [0, 0.05) is 5.41 Å². The number of hydrogen-bond acceptors (Lipinski definition) is 5. The Balaban J connectivity index is 2.09. The van der Waals surface area contributed by atoms with Gasteiger partial charge in [-0.3, -0.25) is 0 Å². The molecule has 19 heavy (non-hydrogen) atoms. The lowest BCUT2D eigenvalue weighted by Gasteiger charge is -2.37. The molecule has 0 bridgehead atoms. The van der Waals surface area contributed by atoms with Gasteiger partial charge >= 0.3 is 0 Å². The van der Waals surface area contributed by atoms with Crippen molar-refractivity contribution >= 4 is 9.84 Å². The maximum Gasteiger partial charge on any atom is 0.150 e. The second-order valence-corrected chi connectivity index (χ2v) is 8.36. The first-order valence-electron chi connectivity index (χ1n) is 6.98. The number of sulfone groups is 1. The van der Waals surface area contributed by atoms with Crippen molar-refractivity contribution < 1.29 is 23.4 Å². The van der Waals surface area contributed by atoms with Crippen LogP contribution in [0.4, 0.5) is 0 Å². The van der Waals surface area contributed by atoms with Crippen LogP contribution in [0.3, 0.4) is 0 Å². The van der Waals surface area contributed by atoms with Crippen LogP contribution in [-0.4, -0.2) is 55.6 Å². The summed E-state index contributed by atoms with van der Waals surface area (Å²) in [5, 5.41) is 19.4. The number of hydrogen-bond donors (Lipinski definition) is 2. The van der Waals surface area contributed by atoms with Crippen LogP contribution in [0.15, 0.2) is 0 Å². The summed E-state index contributed by atoms with van der Waals surface area (Å²) < 4.78 is 29.0. The quantitative estimate of drug-likeness (QED) is 0.764. The minimum absolute atomic E-state index is 0.0256. The molecule has 0 aromatic heterocycles. The van der Waals surface area contributed by atoms with E-state index in [9.17, 15) is 18.6 Å². The molecule has 5 nitrogen and oxygen atoms in total. The van der Waals surface area contributed by atoms with Crippen LogP contribution in [0.5, 0.6) is 0 Å². The summed E-state index contributed by atoms with van der Waals surface area (Å²) in [7, 11) is -3.01. The number of aliphatic hydroxyl groups is 2. The lowest BCUT2D eigenvalue weighted by Crippen LogP contribution is -2.41. The Bertz CT molecular complexity index is 401. The van der Waals surface area contributed by atoms with Crippen LogP contribution in [0.2, 0.25) is 0 Å². The molecular formula is C13H24O5S. The van der Waals surface area contributed by atoms with Gasteiger partial charge < -0.3 is 14.9 Å². The average molecular weight is 292 g/mol. The number of ether oxygens (including phenoxy) is 1. The normalized spacial score (nSPS) is 34.8. The number of aliphatic hydroxyl groups excluding tert-OH is 2. The first-order valence-corrected chi connectivity index (χ1v) is 8.80. The summed E-state index contributed by atoms with van der Waals surface area (Å²) >= 11 is 0. The van der Waals surface area contributed by atoms with E-state index in [1.165, 1.54) is 0 Å². The van der Waals surface area contributed by atoms with Crippen LogP contribution >= 0.6 is 0 Å². The molecule has 0 aromatic rings. The van der Waals surface area contributed by atoms with Crippen molar-refractivity contribution in [3.63, 3.8) is 0 Å². The molecule has 6 heteroatoms. The molecule has 2 aliphatic heterocycles. The van der Waals surface area contributed by atoms with Gasteiger partial charge in [-0.1, -0.05) is 0 Å². The van der Waals surface area contributed by atoms with Crippen LogP contribution in [-0.2, 0) is 14.6 Å². The summed E-state index contributed by atoms with van der Waals surface area (Å²) in [5.74, 6) is 0.0876. The predicted octanol–water partition coefficient (Wildman–Crippen LogP) is 0.350. The second-order valence-electron chi connectivity index (χ2n) is 6.13. The molecule has 112 valence electrons. The highest BCUT2D eigenvalue weighted by atomic mass is 32.2. The topological polar surface area (TPSA) is 83.8 Å². The Labute approximate surface area is 114 Å². The summed E-state index contributed by atoms with van der Waals surface area (Å²) in [4.78, 5) is 0. The zero-order valence-corrected chi connectivity index (χ0v) is 12.2. The van der Waals surface area contributed by atoms with Crippen LogP contribution in [0.1, 0.15) is 32.6 Å². The average Bonchev–Trinajstić information content (AvgIpc) is 2.92. The number of rotatable bonds is 5. The molecule has 0 radical (unpaired) electrons. The zero-order valence-electron chi connectivity index (χ0n) is 11.4. The Morgan fingerprint density at radius 1 is 1.21 bits per heavy atom. The van der Waals surface area contributed by atoms with Crippen molar-refractivity contribution in [2.45, 2.75) is 44.8 Å². The van der Waals surface area contributed by atoms with Crippen molar-refractivity contribution in [2.75, 3.05) is 24.7 Å². The molecule has 3 unspecified atom stereocenters. The molecule has 0 aliphatic carbocycles. The van der Waals surface area contributed by atoms with Crippen molar-refractivity contribution in [2.24, 2.45) is 11.3 Å². The van der Waals surface area contributed by atoms with Gasteiger partial charge in [-0.05, 0) is 38.5 Å². The van der Waals surface area contributed by atoms with Crippen molar-refractivity contribution in [1.29, 1.82) is 0 Å². The van der Waals surface area contributed by atoms with E-state index >= 15 is 0 Å². The van der Waals surface area contributed by atoms with Gasteiger partial charge in [0.05, 0.1) is 36.9 Å². The molecule has 2 fully saturated rings. The summed E-state index contributed by atoms with van der Waals surface area (Å²) in [6.07, 6.45) is 3.23. The molecular weight excluding hydrogens is 268 g/mol. The summed E-state index contributed by atoms with van der Waals surface area (Å²) in [6, 6.07) is 0. The van der Waals surface area contributed by atoms with Crippen molar-refractivity contribution in [1.82, 2.24) is 0 Å². The fraction of sp³-hybridized carbons (Fsp3) is 1.00. The Kier molecular flexibility index (Phi) is 4.55. The van der Waals surface area contributed by atoms with E-state index in [-0.39, 0.29) is 42.8 Å². The predicted molar refractivity (Wildman–Crippen MR) is 71.6 cm³/mol. The van der Waals surface area contributed by atoms with E-state index in [2.05, 4.69) is 0 Å². The molecule has 2 rings (SSSR count). The van der Waals surface area contributed by atoms with E-state index in [0.29, 0.717) is 12.8 Å². The van der Waals surface area contributed by atoms with Crippen LogP contribution in [0.25, 0.3) is 0 Å². The first-order chi connectivity index (χ1) is 8.91. The highest BCUT2D eigenvalue weighted by Gasteiger charge is 2.46.